The van der Waals surface area contributed by atoms with Crippen LogP contribution in [0.3, 0.4) is 0 Å². The Labute approximate surface area is 112 Å². The minimum absolute atomic E-state index is 0.0134. The van der Waals surface area contributed by atoms with E-state index in [1.807, 2.05) is 0 Å². The number of nitrogens with one attached hydrogen (secondary N) is 1. The zero-order valence-corrected chi connectivity index (χ0v) is 11.8. The number of rotatable bonds is 6. The molecule has 100 valence electrons. The summed E-state index contributed by atoms with van der Waals surface area (Å²) in [6.45, 7) is 0.197. The van der Waals surface area contributed by atoms with E-state index in [0.717, 1.165) is 6.07 Å². The summed E-state index contributed by atoms with van der Waals surface area (Å²) in [4.78, 5) is 9.91. The van der Waals surface area contributed by atoms with E-state index in [1.54, 1.807) is 0 Å². The molecule has 0 spiro atoms. The summed E-state index contributed by atoms with van der Waals surface area (Å²) in [6.07, 6.45) is 0. The van der Waals surface area contributed by atoms with E-state index in [-0.39, 0.29) is 22.9 Å². The summed E-state index contributed by atoms with van der Waals surface area (Å²) < 4.78 is 30.6. The highest BCUT2D eigenvalue weighted by molar-refractivity contribution is 9.09. The van der Waals surface area contributed by atoms with Crippen molar-refractivity contribution in [3.05, 3.63) is 28.3 Å². The maximum Gasteiger partial charge on any atom is 0.312 e. The number of sulfonamides is 1. The minimum atomic E-state index is -3.74. The van der Waals surface area contributed by atoms with Crippen LogP contribution in [0.25, 0.3) is 0 Å². The number of ether oxygens (including phenoxy) is 1. The molecule has 0 radical (unpaired) electrons. The first kappa shape index (κ1) is 14.9. The lowest BCUT2D eigenvalue weighted by atomic mass is 10.3. The molecule has 1 rings (SSSR count). The van der Waals surface area contributed by atoms with E-state index in [0.29, 0.717) is 5.33 Å². The van der Waals surface area contributed by atoms with Gasteiger partial charge in [-0.05, 0) is 12.1 Å². The molecule has 0 heterocycles. The lowest BCUT2D eigenvalue weighted by Crippen LogP contribution is -2.25. The number of benzene rings is 1. The standard InChI is InChI=1S/C9H11BrN2O5S/c1-17-9-3-2-7(6-8(9)12(13)14)18(15,16)11-5-4-10/h2-3,6,11H,4-5H2,1H3. The lowest BCUT2D eigenvalue weighted by molar-refractivity contribution is -0.386. The summed E-state index contributed by atoms with van der Waals surface area (Å²) in [7, 11) is -2.47. The summed E-state index contributed by atoms with van der Waals surface area (Å²) in [5, 5.41) is 11.2. The van der Waals surface area contributed by atoms with E-state index in [1.165, 1.54) is 19.2 Å². The van der Waals surface area contributed by atoms with Gasteiger partial charge in [-0.15, -0.1) is 0 Å². The van der Waals surface area contributed by atoms with Crippen molar-refractivity contribution in [2.24, 2.45) is 0 Å². The molecule has 0 aliphatic heterocycles. The zero-order chi connectivity index (χ0) is 13.8. The maximum atomic E-state index is 11.8. The van der Waals surface area contributed by atoms with Gasteiger partial charge in [0.2, 0.25) is 10.0 Å². The Morgan fingerprint density at radius 3 is 2.67 bits per heavy atom. The third-order valence-corrected chi connectivity index (χ3v) is 3.90. The van der Waals surface area contributed by atoms with Gasteiger partial charge in [-0.3, -0.25) is 10.1 Å². The van der Waals surface area contributed by atoms with Gasteiger partial charge in [0.25, 0.3) is 0 Å². The van der Waals surface area contributed by atoms with Gasteiger partial charge in [0.15, 0.2) is 5.75 Å². The monoisotopic (exact) mass is 338 g/mol. The van der Waals surface area contributed by atoms with Gasteiger partial charge in [-0.25, -0.2) is 13.1 Å². The summed E-state index contributed by atoms with van der Waals surface area (Å²) in [6, 6.07) is 3.47. The summed E-state index contributed by atoms with van der Waals surface area (Å²) >= 11 is 3.08. The number of hydrogen-bond acceptors (Lipinski definition) is 5. The second kappa shape index (κ2) is 6.12. The Hall–Kier alpha value is -1.19. The van der Waals surface area contributed by atoms with Crippen molar-refractivity contribution in [3.8, 4) is 5.75 Å². The van der Waals surface area contributed by atoms with E-state index < -0.39 is 14.9 Å². The molecular formula is C9H11BrN2O5S. The molecule has 1 aromatic carbocycles. The van der Waals surface area contributed by atoms with Gasteiger partial charge in [-0.2, -0.15) is 0 Å². The van der Waals surface area contributed by atoms with Crippen molar-refractivity contribution >= 4 is 31.6 Å². The SMILES string of the molecule is COc1ccc(S(=O)(=O)NCCBr)cc1[N+](=O)[O-]. The van der Waals surface area contributed by atoms with E-state index >= 15 is 0 Å². The molecule has 0 fully saturated rings. The Kier molecular flexibility index (Phi) is 5.05. The predicted octanol–water partition coefficient (Wildman–Crippen LogP) is 1.28. The van der Waals surface area contributed by atoms with Crippen LogP contribution in [0.2, 0.25) is 0 Å². The Morgan fingerprint density at radius 2 is 2.17 bits per heavy atom. The van der Waals surface area contributed by atoms with Crippen LogP contribution in [-0.2, 0) is 10.0 Å². The van der Waals surface area contributed by atoms with Crippen LogP contribution in [-0.4, -0.2) is 32.3 Å². The number of halogens is 1. The average molecular weight is 339 g/mol. The zero-order valence-electron chi connectivity index (χ0n) is 9.42. The maximum absolute atomic E-state index is 11.8. The number of nitrogens with zero attached hydrogens (tertiary/aromatic N) is 1. The second-order valence-electron chi connectivity index (χ2n) is 3.18. The average Bonchev–Trinajstić information content (AvgIpc) is 2.35. The first-order chi connectivity index (χ1) is 8.42. The van der Waals surface area contributed by atoms with Crippen molar-refractivity contribution < 1.29 is 18.1 Å². The van der Waals surface area contributed by atoms with Crippen LogP contribution in [0.5, 0.6) is 5.75 Å². The molecule has 0 amide bonds. The van der Waals surface area contributed by atoms with Gasteiger partial charge in [0.05, 0.1) is 16.9 Å². The number of nitro benzene ring substituents is 1. The van der Waals surface area contributed by atoms with Crippen molar-refractivity contribution in [2.45, 2.75) is 4.90 Å². The molecule has 0 bridgehead atoms. The van der Waals surface area contributed by atoms with E-state index in [2.05, 4.69) is 20.7 Å². The van der Waals surface area contributed by atoms with Crippen molar-refractivity contribution in [3.63, 3.8) is 0 Å². The quantitative estimate of drug-likeness (QED) is 0.478. The third kappa shape index (κ3) is 3.40. The molecule has 0 aliphatic rings. The number of nitro groups is 1. The molecule has 0 aromatic heterocycles. The Balaban J connectivity index is 3.20. The molecule has 0 atom stereocenters. The normalized spacial score (nSPS) is 11.2. The highest BCUT2D eigenvalue weighted by atomic mass is 79.9. The lowest BCUT2D eigenvalue weighted by Gasteiger charge is -2.06. The van der Waals surface area contributed by atoms with E-state index in [4.69, 9.17) is 4.74 Å². The third-order valence-electron chi connectivity index (χ3n) is 2.04. The molecule has 18 heavy (non-hydrogen) atoms. The van der Waals surface area contributed by atoms with Gasteiger partial charge in [-0.1, -0.05) is 15.9 Å². The molecule has 1 aromatic rings. The first-order valence-corrected chi connectivity index (χ1v) is 7.41. The van der Waals surface area contributed by atoms with Crippen LogP contribution >= 0.6 is 15.9 Å². The second-order valence-corrected chi connectivity index (χ2v) is 5.74. The fraction of sp³-hybridized carbons (Fsp3) is 0.333. The summed E-state index contributed by atoms with van der Waals surface area (Å²) in [5.74, 6) is 0.0134. The minimum Gasteiger partial charge on any atom is -0.490 e. The molecule has 0 aliphatic carbocycles. The van der Waals surface area contributed by atoms with Gasteiger partial charge < -0.3 is 4.74 Å². The highest BCUT2D eigenvalue weighted by Crippen LogP contribution is 2.29. The van der Waals surface area contributed by atoms with Crippen LogP contribution in [0.4, 0.5) is 5.69 Å². The molecule has 1 N–H and O–H groups in total. The van der Waals surface area contributed by atoms with Gasteiger partial charge in [0, 0.05) is 17.9 Å². The highest BCUT2D eigenvalue weighted by Gasteiger charge is 2.21. The van der Waals surface area contributed by atoms with Gasteiger partial charge in [0.1, 0.15) is 0 Å². The largest absolute Gasteiger partial charge is 0.490 e. The molecule has 0 unspecified atom stereocenters. The molecule has 0 saturated heterocycles. The Morgan fingerprint density at radius 1 is 1.50 bits per heavy atom. The number of methoxy groups -OCH3 is 1. The first-order valence-electron chi connectivity index (χ1n) is 4.80. The number of hydrogen-bond donors (Lipinski definition) is 1. The van der Waals surface area contributed by atoms with Crippen LogP contribution in [0.15, 0.2) is 23.1 Å². The van der Waals surface area contributed by atoms with Crippen LogP contribution < -0.4 is 9.46 Å². The fourth-order valence-electron chi connectivity index (χ4n) is 1.24. The van der Waals surface area contributed by atoms with Crippen molar-refractivity contribution in [1.29, 1.82) is 0 Å². The molecule has 7 nitrogen and oxygen atoms in total. The molecular weight excluding hydrogens is 328 g/mol. The van der Waals surface area contributed by atoms with Gasteiger partial charge >= 0.3 is 5.69 Å². The fourth-order valence-corrected chi connectivity index (χ4v) is 2.75. The van der Waals surface area contributed by atoms with E-state index in [9.17, 15) is 18.5 Å². The predicted molar refractivity (Wildman–Crippen MR) is 68.6 cm³/mol. The molecule has 9 heteroatoms. The van der Waals surface area contributed by atoms with Crippen LogP contribution in [0, 0.1) is 10.1 Å². The van der Waals surface area contributed by atoms with Crippen molar-refractivity contribution in [2.75, 3.05) is 19.0 Å². The number of alkyl halides is 1. The Bertz CT molecular complexity index is 546. The summed E-state index contributed by atoms with van der Waals surface area (Å²) in [5.41, 5.74) is -0.390. The smallest absolute Gasteiger partial charge is 0.312 e. The van der Waals surface area contributed by atoms with Crippen LogP contribution in [0.1, 0.15) is 0 Å². The molecule has 0 saturated carbocycles. The van der Waals surface area contributed by atoms with Crippen molar-refractivity contribution in [1.82, 2.24) is 4.72 Å². The topological polar surface area (TPSA) is 98.5 Å².